The van der Waals surface area contributed by atoms with Crippen molar-refractivity contribution in [1.82, 2.24) is 15.5 Å². The van der Waals surface area contributed by atoms with Gasteiger partial charge in [0.2, 0.25) is 0 Å². The predicted molar refractivity (Wildman–Crippen MR) is 72.0 cm³/mol. The lowest BCUT2D eigenvalue weighted by Gasteiger charge is -2.28. The number of nitrogens with zero attached hydrogens (tertiary/aromatic N) is 2. The maximum atomic E-state index is 12.0. The lowest BCUT2D eigenvalue weighted by atomic mass is 9.93. The predicted octanol–water partition coefficient (Wildman–Crippen LogP) is 1.06. The van der Waals surface area contributed by atoms with Crippen LogP contribution in [0.15, 0.2) is 12.1 Å². The van der Waals surface area contributed by atoms with E-state index in [4.69, 9.17) is 4.74 Å². The van der Waals surface area contributed by atoms with Gasteiger partial charge in [-0.2, -0.15) is 0 Å². The largest absolute Gasteiger partial charge is 0.381 e. The first-order valence-corrected chi connectivity index (χ1v) is 6.61. The Balaban J connectivity index is 1.91. The van der Waals surface area contributed by atoms with Crippen LogP contribution in [0.2, 0.25) is 0 Å². The summed E-state index contributed by atoms with van der Waals surface area (Å²) in [4.78, 5) is 12.0. The summed E-state index contributed by atoms with van der Waals surface area (Å²) in [6, 6.07) is 3.54. The number of hydrogen-bond donors (Lipinski definition) is 2. The molecule has 1 saturated heterocycles. The van der Waals surface area contributed by atoms with Gasteiger partial charge in [0.25, 0.3) is 5.91 Å². The highest BCUT2D eigenvalue weighted by atomic mass is 16.5. The third-order valence-electron chi connectivity index (χ3n) is 3.49. The van der Waals surface area contributed by atoms with E-state index in [9.17, 15) is 4.79 Å². The second kappa shape index (κ2) is 6.47. The zero-order chi connectivity index (χ0) is 13.7. The Bertz CT molecular complexity index is 415. The number of ether oxygens (including phenoxy) is 1. The second-order valence-corrected chi connectivity index (χ2v) is 4.77. The van der Waals surface area contributed by atoms with Crippen LogP contribution in [0.5, 0.6) is 0 Å². The van der Waals surface area contributed by atoms with Crippen LogP contribution in [0, 0.1) is 5.92 Å². The highest BCUT2D eigenvalue weighted by molar-refractivity contribution is 5.92. The van der Waals surface area contributed by atoms with Gasteiger partial charge < -0.3 is 15.4 Å². The lowest BCUT2D eigenvalue weighted by Crippen LogP contribution is -2.40. The summed E-state index contributed by atoms with van der Waals surface area (Å²) in [5.41, 5.74) is 0.345. The van der Waals surface area contributed by atoms with Gasteiger partial charge in [0.1, 0.15) is 5.82 Å². The van der Waals surface area contributed by atoms with E-state index in [0.717, 1.165) is 26.1 Å². The van der Waals surface area contributed by atoms with Crippen molar-refractivity contribution in [2.24, 2.45) is 5.92 Å². The minimum absolute atomic E-state index is 0.127. The quantitative estimate of drug-likeness (QED) is 0.850. The molecule has 19 heavy (non-hydrogen) atoms. The Morgan fingerprint density at radius 2 is 2.11 bits per heavy atom. The van der Waals surface area contributed by atoms with Gasteiger partial charge in [-0.1, -0.05) is 0 Å². The molecule has 1 aliphatic heterocycles. The SMILES string of the molecule is CNc1ccc(C(=O)NC(C)C2CCOCC2)nn1. The van der Waals surface area contributed by atoms with Gasteiger partial charge in [-0.3, -0.25) is 4.79 Å². The molecular weight excluding hydrogens is 244 g/mol. The van der Waals surface area contributed by atoms with Crippen molar-refractivity contribution in [2.45, 2.75) is 25.8 Å². The molecule has 2 heterocycles. The van der Waals surface area contributed by atoms with Gasteiger partial charge in [0, 0.05) is 26.3 Å². The maximum Gasteiger partial charge on any atom is 0.272 e. The van der Waals surface area contributed by atoms with Crippen molar-refractivity contribution in [3.8, 4) is 0 Å². The van der Waals surface area contributed by atoms with Crippen LogP contribution >= 0.6 is 0 Å². The van der Waals surface area contributed by atoms with Gasteiger partial charge in [0.05, 0.1) is 0 Å². The number of amides is 1. The topological polar surface area (TPSA) is 76.1 Å². The molecule has 2 N–H and O–H groups in total. The van der Waals surface area contributed by atoms with Crippen molar-refractivity contribution in [2.75, 3.05) is 25.6 Å². The normalized spacial score (nSPS) is 17.8. The number of aromatic nitrogens is 2. The molecule has 1 amide bonds. The first kappa shape index (κ1) is 13.7. The Morgan fingerprint density at radius 1 is 1.37 bits per heavy atom. The van der Waals surface area contributed by atoms with Crippen LogP contribution in [0.3, 0.4) is 0 Å². The van der Waals surface area contributed by atoms with Crippen molar-refractivity contribution >= 4 is 11.7 Å². The number of rotatable bonds is 4. The first-order valence-electron chi connectivity index (χ1n) is 6.61. The lowest BCUT2D eigenvalue weighted by molar-refractivity contribution is 0.0537. The van der Waals surface area contributed by atoms with E-state index in [1.165, 1.54) is 0 Å². The molecule has 1 aromatic heterocycles. The third kappa shape index (κ3) is 3.64. The van der Waals surface area contributed by atoms with Crippen LogP contribution < -0.4 is 10.6 Å². The molecule has 1 aliphatic rings. The Hall–Kier alpha value is -1.69. The van der Waals surface area contributed by atoms with E-state index in [1.807, 2.05) is 6.92 Å². The Kier molecular flexibility index (Phi) is 4.68. The summed E-state index contributed by atoms with van der Waals surface area (Å²) < 4.78 is 5.32. The van der Waals surface area contributed by atoms with Crippen molar-refractivity contribution in [3.05, 3.63) is 17.8 Å². The fraction of sp³-hybridized carbons (Fsp3) is 0.615. The highest BCUT2D eigenvalue weighted by Gasteiger charge is 2.22. The molecule has 1 aromatic rings. The summed E-state index contributed by atoms with van der Waals surface area (Å²) >= 11 is 0. The maximum absolute atomic E-state index is 12.0. The van der Waals surface area contributed by atoms with E-state index in [0.29, 0.717) is 17.4 Å². The summed E-state index contributed by atoms with van der Waals surface area (Å²) in [6.07, 6.45) is 1.98. The Labute approximate surface area is 112 Å². The van der Waals surface area contributed by atoms with Crippen LogP contribution in [0.1, 0.15) is 30.3 Å². The molecule has 0 aromatic carbocycles. The van der Waals surface area contributed by atoms with Gasteiger partial charge in [0.15, 0.2) is 5.69 Å². The molecule has 0 radical (unpaired) electrons. The molecular formula is C13H20N4O2. The summed E-state index contributed by atoms with van der Waals surface area (Å²) in [6.45, 7) is 3.59. The fourth-order valence-electron chi connectivity index (χ4n) is 2.20. The zero-order valence-corrected chi connectivity index (χ0v) is 11.3. The van der Waals surface area contributed by atoms with Crippen LogP contribution in [-0.4, -0.2) is 42.4 Å². The molecule has 6 heteroatoms. The van der Waals surface area contributed by atoms with Gasteiger partial charge >= 0.3 is 0 Å². The number of anilines is 1. The summed E-state index contributed by atoms with van der Waals surface area (Å²) in [5.74, 6) is 0.949. The summed E-state index contributed by atoms with van der Waals surface area (Å²) in [7, 11) is 1.76. The number of carbonyl (C=O) groups is 1. The third-order valence-corrected chi connectivity index (χ3v) is 3.49. The van der Waals surface area contributed by atoms with E-state index >= 15 is 0 Å². The molecule has 0 spiro atoms. The minimum Gasteiger partial charge on any atom is -0.381 e. The number of hydrogen-bond acceptors (Lipinski definition) is 5. The molecule has 0 bridgehead atoms. The number of carbonyl (C=O) groups excluding carboxylic acids is 1. The van der Waals surface area contributed by atoms with Crippen LogP contribution in [0.4, 0.5) is 5.82 Å². The molecule has 1 fully saturated rings. The zero-order valence-electron chi connectivity index (χ0n) is 11.3. The molecule has 2 rings (SSSR count). The van der Waals surface area contributed by atoms with Crippen LogP contribution in [-0.2, 0) is 4.74 Å². The Morgan fingerprint density at radius 3 is 2.68 bits per heavy atom. The molecule has 0 saturated carbocycles. The van der Waals surface area contributed by atoms with Crippen molar-refractivity contribution < 1.29 is 9.53 Å². The van der Waals surface area contributed by atoms with Gasteiger partial charge in [-0.15, -0.1) is 10.2 Å². The van der Waals surface area contributed by atoms with Crippen molar-refractivity contribution in [3.63, 3.8) is 0 Å². The standard InChI is InChI=1S/C13H20N4O2/c1-9(10-5-7-19-8-6-10)15-13(18)11-3-4-12(14-2)17-16-11/h3-4,9-10H,5-8H2,1-2H3,(H,14,17)(H,15,18). The average molecular weight is 264 g/mol. The van der Waals surface area contributed by atoms with Crippen molar-refractivity contribution in [1.29, 1.82) is 0 Å². The van der Waals surface area contributed by atoms with Gasteiger partial charge in [-0.05, 0) is 37.8 Å². The molecule has 1 atom stereocenters. The van der Waals surface area contributed by atoms with Crippen LogP contribution in [0.25, 0.3) is 0 Å². The molecule has 6 nitrogen and oxygen atoms in total. The van der Waals surface area contributed by atoms with E-state index < -0.39 is 0 Å². The average Bonchev–Trinajstić information content (AvgIpc) is 2.48. The monoisotopic (exact) mass is 264 g/mol. The highest BCUT2D eigenvalue weighted by Crippen LogP contribution is 2.18. The van der Waals surface area contributed by atoms with Gasteiger partial charge in [-0.25, -0.2) is 0 Å². The smallest absolute Gasteiger partial charge is 0.272 e. The van der Waals surface area contributed by atoms with E-state index in [1.54, 1.807) is 19.2 Å². The molecule has 1 unspecified atom stereocenters. The minimum atomic E-state index is -0.172. The van der Waals surface area contributed by atoms with E-state index in [-0.39, 0.29) is 11.9 Å². The second-order valence-electron chi connectivity index (χ2n) is 4.77. The summed E-state index contributed by atoms with van der Waals surface area (Å²) in [5, 5.41) is 13.6. The molecule has 0 aliphatic carbocycles. The fourth-order valence-corrected chi connectivity index (χ4v) is 2.20. The first-order chi connectivity index (χ1) is 9.20. The number of nitrogens with one attached hydrogen (secondary N) is 2. The van der Waals surface area contributed by atoms with E-state index in [2.05, 4.69) is 20.8 Å². The molecule has 104 valence electrons.